The maximum Gasteiger partial charge on any atom is 0.358 e. The summed E-state index contributed by atoms with van der Waals surface area (Å²) in [5.74, 6) is -2.64. The van der Waals surface area contributed by atoms with Crippen LogP contribution in [0.1, 0.15) is 55.7 Å². The van der Waals surface area contributed by atoms with Gasteiger partial charge in [-0.25, -0.2) is 9.78 Å². The fourth-order valence-electron chi connectivity index (χ4n) is 4.61. The van der Waals surface area contributed by atoms with Gasteiger partial charge in [0, 0.05) is 19.8 Å². The molecule has 0 bridgehead atoms. The number of hydrogen-bond donors (Lipinski definition) is 2. The topological polar surface area (TPSA) is 140 Å². The van der Waals surface area contributed by atoms with Gasteiger partial charge in [0.2, 0.25) is 12.7 Å². The molecule has 2 aromatic rings. The van der Waals surface area contributed by atoms with E-state index in [4.69, 9.17) is 9.47 Å². The van der Waals surface area contributed by atoms with E-state index in [1.807, 2.05) is 12.1 Å². The summed E-state index contributed by atoms with van der Waals surface area (Å²) in [6.45, 7) is 6.23. The number of aliphatic hydroxyl groups excluding tert-OH is 1. The van der Waals surface area contributed by atoms with E-state index in [2.05, 4.69) is 10.3 Å². The molecule has 1 aromatic heterocycles. The Kier molecular flexibility index (Phi) is 7.41. The minimum atomic E-state index is -0.874. The average Bonchev–Trinajstić information content (AvgIpc) is 3.43. The molecule has 38 heavy (non-hydrogen) atoms. The van der Waals surface area contributed by atoms with Crippen molar-refractivity contribution in [2.24, 2.45) is 18.4 Å². The maximum absolute atomic E-state index is 13.1. The molecule has 202 valence electrons. The van der Waals surface area contributed by atoms with Gasteiger partial charge in [-0.1, -0.05) is 18.2 Å². The van der Waals surface area contributed by atoms with Crippen LogP contribution >= 0.6 is 0 Å². The van der Waals surface area contributed by atoms with Crippen LogP contribution in [0.15, 0.2) is 42.5 Å². The van der Waals surface area contributed by atoms with Gasteiger partial charge in [-0.3, -0.25) is 14.4 Å². The molecule has 2 aliphatic heterocycles. The molecule has 2 N–H and O–H groups in total. The highest BCUT2D eigenvalue weighted by Crippen LogP contribution is 2.47. The molecular formula is C27H32N4O7. The summed E-state index contributed by atoms with van der Waals surface area (Å²) in [6.07, 6.45) is 2.63. The number of imidazole rings is 1. The highest BCUT2D eigenvalue weighted by atomic mass is 16.7. The third-order valence-electron chi connectivity index (χ3n) is 6.58. The molecule has 0 aliphatic carbocycles. The number of aliphatic hydroxyl groups is 1. The second kappa shape index (κ2) is 10.4. The zero-order valence-corrected chi connectivity index (χ0v) is 22.1. The molecule has 3 atom stereocenters. The summed E-state index contributed by atoms with van der Waals surface area (Å²) in [5, 5.41) is 12.9. The minimum Gasteiger partial charge on any atom is -0.427 e. The van der Waals surface area contributed by atoms with E-state index >= 15 is 0 Å². The predicted octanol–water partition coefficient (Wildman–Crippen LogP) is 1.76. The minimum absolute atomic E-state index is 0.0679. The van der Waals surface area contributed by atoms with E-state index in [0.29, 0.717) is 23.3 Å². The van der Waals surface area contributed by atoms with E-state index in [9.17, 15) is 24.3 Å². The molecule has 11 heteroatoms. The summed E-state index contributed by atoms with van der Waals surface area (Å²) in [6, 6.07) is 6.88. The number of nitrogens with one attached hydrogen (secondary N) is 1. The number of hydrogen-bond acceptors (Lipinski definition) is 8. The number of amides is 2. The summed E-state index contributed by atoms with van der Waals surface area (Å²) in [4.78, 5) is 55.8. The molecule has 0 radical (unpaired) electrons. The number of rotatable bonds is 8. The fraction of sp³-hybridized carbons (Fsp3) is 0.444. The monoisotopic (exact) mass is 524 g/mol. The Bertz CT molecular complexity index is 1300. The quantitative estimate of drug-likeness (QED) is 0.303. The van der Waals surface area contributed by atoms with E-state index in [0.717, 1.165) is 5.56 Å². The average molecular weight is 525 g/mol. The van der Waals surface area contributed by atoms with Gasteiger partial charge in [0.05, 0.1) is 29.8 Å². The van der Waals surface area contributed by atoms with Gasteiger partial charge in [0.1, 0.15) is 11.4 Å². The number of ether oxygens (including phenoxy) is 2. The highest BCUT2D eigenvalue weighted by Gasteiger charge is 2.57. The zero-order chi connectivity index (χ0) is 27.8. The first-order chi connectivity index (χ1) is 17.9. The lowest BCUT2D eigenvalue weighted by atomic mass is 9.82. The van der Waals surface area contributed by atoms with Crippen molar-refractivity contribution in [1.82, 2.24) is 19.8 Å². The van der Waals surface area contributed by atoms with Crippen molar-refractivity contribution >= 4 is 29.3 Å². The van der Waals surface area contributed by atoms with Crippen LogP contribution in [0.4, 0.5) is 0 Å². The Labute approximate surface area is 220 Å². The molecule has 2 aliphatic rings. The molecule has 3 heterocycles. The third-order valence-corrected chi connectivity index (χ3v) is 6.58. The van der Waals surface area contributed by atoms with Gasteiger partial charge in [-0.05, 0) is 56.9 Å². The van der Waals surface area contributed by atoms with E-state index in [1.54, 1.807) is 57.6 Å². The molecule has 1 fully saturated rings. The first kappa shape index (κ1) is 27.1. The Morgan fingerprint density at radius 2 is 1.97 bits per heavy atom. The number of carbonyl (C=O) groups excluding carboxylic acids is 4. The van der Waals surface area contributed by atoms with Gasteiger partial charge >= 0.3 is 11.9 Å². The van der Waals surface area contributed by atoms with E-state index < -0.39 is 36.2 Å². The molecule has 0 spiro atoms. The summed E-state index contributed by atoms with van der Waals surface area (Å²) >= 11 is 0. The third kappa shape index (κ3) is 5.33. The number of esters is 2. The van der Waals surface area contributed by atoms with Gasteiger partial charge in [-0.15, -0.1) is 0 Å². The number of β-lactam (4-membered cyclic amide) rings is 1. The predicted molar refractivity (Wildman–Crippen MR) is 135 cm³/mol. The van der Waals surface area contributed by atoms with Gasteiger partial charge < -0.3 is 29.4 Å². The molecular weight excluding hydrogens is 492 g/mol. The number of benzene rings is 1. The van der Waals surface area contributed by atoms with Crippen LogP contribution in [0.3, 0.4) is 0 Å². The largest absolute Gasteiger partial charge is 0.427 e. The van der Waals surface area contributed by atoms with Crippen LogP contribution in [0.2, 0.25) is 0 Å². The second-order valence-corrected chi connectivity index (χ2v) is 10.6. The summed E-state index contributed by atoms with van der Waals surface area (Å²) in [5.41, 5.74) is 1.64. The fourth-order valence-corrected chi connectivity index (χ4v) is 4.61. The van der Waals surface area contributed by atoms with Crippen molar-refractivity contribution in [1.29, 1.82) is 0 Å². The van der Waals surface area contributed by atoms with Crippen molar-refractivity contribution in [3.05, 3.63) is 59.3 Å². The van der Waals surface area contributed by atoms with Crippen LogP contribution in [-0.2, 0) is 37.4 Å². The van der Waals surface area contributed by atoms with Crippen molar-refractivity contribution in [3.8, 4) is 0 Å². The zero-order valence-electron chi connectivity index (χ0n) is 22.1. The van der Waals surface area contributed by atoms with E-state index in [1.165, 1.54) is 11.2 Å². The van der Waals surface area contributed by atoms with Gasteiger partial charge in [0.25, 0.3) is 5.91 Å². The molecule has 11 nitrogen and oxygen atoms in total. The molecule has 2 amide bonds. The molecule has 0 saturated carbocycles. The number of nitrogens with zero attached hydrogens (tertiary/aromatic N) is 3. The Morgan fingerprint density at radius 3 is 2.61 bits per heavy atom. The van der Waals surface area contributed by atoms with Crippen LogP contribution in [-0.4, -0.2) is 62.2 Å². The number of carbonyl (C=O) groups is 4. The lowest BCUT2D eigenvalue weighted by molar-refractivity contribution is -0.175. The molecule has 1 saturated heterocycles. The van der Waals surface area contributed by atoms with Gasteiger partial charge in [-0.2, -0.15) is 0 Å². The first-order valence-corrected chi connectivity index (χ1v) is 12.3. The SMILES string of the molecule is C[C@@H](O)[C@H]1C(=O)N2C(C(=O)OCOC(=O)C(C)(C)C)=C(c3cccc(CNC(=O)c4cn(C)cn4)c3)C[C@H]12. The molecule has 4 rings (SSSR count). The standard InChI is InChI=1S/C27H32N4O7/c1-15(32)21-20-10-18(22(31(20)24(21)34)25(35)37-14-38-26(36)27(2,3)4)17-8-6-7-16(9-17)11-28-23(33)19-12-30(5)13-29-19/h6-9,12-13,15,20-21,32H,10-11,14H2,1-5H3,(H,28,33)/t15-,20-,21-/m1/s1. The normalized spacial score (nSPS) is 19.5. The lowest BCUT2D eigenvalue weighted by Crippen LogP contribution is -2.61. The number of fused-ring (bicyclic) bond motifs is 1. The van der Waals surface area contributed by atoms with Crippen molar-refractivity contribution < 1.29 is 33.8 Å². The van der Waals surface area contributed by atoms with Crippen LogP contribution in [0.25, 0.3) is 5.57 Å². The second-order valence-electron chi connectivity index (χ2n) is 10.6. The number of aryl methyl sites for hydroxylation is 1. The number of aromatic nitrogens is 2. The van der Waals surface area contributed by atoms with Crippen molar-refractivity contribution in [2.75, 3.05) is 6.79 Å². The van der Waals surface area contributed by atoms with Crippen LogP contribution in [0, 0.1) is 11.3 Å². The maximum atomic E-state index is 13.1. The Balaban J connectivity index is 1.55. The van der Waals surface area contributed by atoms with Gasteiger partial charge in [0.15, 0.2) is 0 Å². The Morgan fingerprint density at radius 1 is 1.24 bits per heavy atom. The summed E-state index contributed by atoms with van der Waals surface area (Å²) < 4.78 is 12.0. The highest BCUT2D eigenvalue weighted by molar-refractivity contribution is 6.06. The van der Waals surface area contributed by atoms with Crippen LogP contribution in [0.5, 0.6) is 0 Å². The lowest BCUT2D eigenvalue weighted by Gasteiger charge is -2.44. The van der Waals surface area contributed by atoms with Crippen molar-refractivity contribution in [3.63, 3.8) is 0 Å². The first-order valence-electron chi connectivity index (χ1n) is 12.3. The van der Waals surface area contributed by atoms with E-state index in [-0.39, 0.29) is 30.1 Å². The van der Waals surface area contributed by atoms with Crippen LogP contribution < -0.4 is 5.32 Å². The molecule has 1 aromatic carbocycles. The Hall–Kier alpha value is -3.99. The molecule has 0 unspecified atom stereocenters. The summed E-state index contributed by atoms with van der Waals surface area (Å²) in [7, 11) is 1.77. The smallest absolute Gasteiger partial charge is 0.358 e. The van der Waals surface area contributed by atoms with Crippen molar-refractivity contribution in [2.45, 2.75) is 52.8 Å².